The molecule has 0 aromatic heterocycles. The number of hydrogen-bond donors (Lipinski definition) is 3. The highest BCUT2D eigenvalue weighted by Gasteiger charge is 2.13. The third kappa shape index (κ3) is 7.97. The van der Waals surface area contributed by atoms with Gasteiger partial charge in [-0.3, -0.25) is 4.79 Å². The number of anilines is 3. The van der Waals surface area contributed by atoms with Crippen LogP contribution in [0.1, 0.15) is 27.2 Å². The summed E-state index contributed by atoms with van der Waals surface area (Å²) in [7, 11) is 0. The lowest BCUT2D eigenvalue weighted by atomic mass is 10.2. The summed E-state index contributed by atoms with van der Waals surface area (Å²) in [6, 6.07) is 11.4. The first-order valence-electron chi connectivity index (χ1n) is 10.2. The van der Waals surface area contributed by atoms with Crippen molar-refractivity contribution in [2.75, 3.05) is 41.2 Å². The number of carbonyl (C=O) groups is 2. The number of carbonyl (C=O) groups excluding carboxylic acids is 2. The monoisotopic (exact) mass is 464 g/mol. The Balaban J connectivity index is 1.90. The molecular formula is C22H29ClN4O3S. The summed E-state index contributed by atoms with van der Waals surface area (Å²) in [6.45, 7) is 9.30. The van der Waals surface area contributed by atoms with Gasteiger partial charge in [-0.1, -0.05) is 38.3 Å². The lowest BCUT2D eigenvalue weighted by Crippen LogP contribution is -2.26. The van der Waals surface area contributed by atoms with Crippen LogP contribution in [0.3, 0.4) is 0 Å². The van der Waals surface area contributed by atoms with Crippen LogP contribution in [0.5, 0.6) is 5.75 Å². The van der Waals surface area contributed by atoms with Gasteiger partial charge in [-0.2, -0.15) is 0 Å². The number of halogens is 1. The fourth-order valence-corrected chi connectivity index (χ4v) is 3.31. The summed E-state index contributed by atoms with van der Waals surface area (Å²) in [4.78, 5) is 25.9. The molecule has 0 bridgehead atoms. The number of rotatable bonds is 10. The van der Waals surface area contributed by atoms with E-state index in [4.69, 9.17) is 16.3 Å². The van der Waals surface area contributed by atoms with Crippen molar-refractivity contribution in [3.63, 3.8) is 0 Å². The molecule has 0 aliphatic carbocycles. The van der Waals surface area contributed by atoms with E-state index in [2.05, 4.69) is 42.2 Å². The fourth-order valence-electron chi connectivity index (χ4n) is 2.89. The molecule has 0 aliphatic rings. The van der Waals surface area contributed by atoms with Gasteiger partial charge in [0, 0.05) is 24.8 Å². The van der Waals surface area contributed by atoms with Gasteiger partial charge in [0.2, 0.25) is 5.91 Å². The molecule has 0 unspecified atom stereocenters. The van der Waals surface area contributed by atoms with E-state index >= 15 is 0 Å². The molecule has 168 valence electrons. The average Bonchev–Trinajstić information content (AvgIpc) is 2.74. The number of thiol groups is 1. The second-order valence-electron chi connectivity index (χ2n) is 6.84. The number of amides is 3. The Morgan fingerprint density at radius 2 is 1.68 bits per heavy atom. The summed E-state index contributed by atoms with van der Waals surface area (Å²) in [6.07, 6.45) is 0.909. The largest absolute Gasteiger partial charge is 0.492 e. The lowest BCUT2D eigenvalue weighted by molar-refractivity contribution is -0.114. The maximum Gasteiger partial charge on any atom is 0.336 e. The Bertz CT molecular complexity index is 876. The molecule has 0 heterocycles. The zero-order valence-corrected chi connectivity index (χ0v) is 19.7. The summed E-state index contributed by atoms with van der Waals surface area (Å²) >= 11 is 10.6. The second kappa shape index (κ2) is 12.4. The molecule has 7 nitrogen and oxygen atoms in total. The van der Waals surface area contributed by atoms with E-state index in [-0.39, 0.29) is 5.91 Å². The molecule has 2 aromatic rings. The van der Waals surface area contributed by atoms with Crippen molar-refractivity contribution in [1.29, 1.82) is 0 Å². The quantitative estimate of drug-likeness (QED) is 0.330. The van der Waals surface area contributed by atoms with Gasteiger partial charge in [0.25, 0.3) is 0 Å². The van der Waals surface area contributed by atoms with E-state index in [1.165, 1.54) is 11.2 Å². The van der Waals surface area contributed by atoms with Crippen LogP contribution in [0.4, 0.5) is 21.9 Å². The number of urea groups is 1. The first kappa shape index (κ1) is 24.8. The molecule has 3 amide bonds. The number of ether oxygens (including phenoxy) is 1. The Morgan fingerprint density at radius 1 is 1.03 bits per heavy atom. The van der Waals surface area contributed by atoms with Crippen molar-refractivity contribution < 1.29 is 14.3 Å². The lowest BCUT2D eigenvalue weighted by Gasteiger charge is -2.18. The maximum atomic E-state index is 12.5. The van der Waals surface area contributed by atoms with E-state index < -0.39 is 6.03 Å². The Morgan fingerprint density at radius 3 is 2.26 bits per heavy atom. The van der Waals surface area contributed by atoms with Crippen molar-refractivity contribution in [1.82, 2.24) is 4.90 Å². The molecule has 31 heavy (non-hydrogen) atoms. The molecule has 0 saturated carbocycles. The van der Waals surface area contributed by atoms with Gasteiger partial charge < -0.3 is 20.3 Å². The molecule has 0 radical (unpaired) electrons. The minimum absolute atomic E-state index is 0.165. The molecule has 0 saturated heterocycles. The van der Waals surface area contributed by atoms with Gasteiger partial charge in [-0.05, 0) is 62.0 Å². The van der Waals surface area contributed by atoms with Gasteiger partial charge in [0.15, 0.2) is 0 Å². The predicted molar refractivity (Wildman–Crippen MR) is 131 cm³/mol. The Hall–Kier alpha value is -2.42. The molecule has 0 spiro atoms. The number of nitrogens with one attached hydrogen (secondary N) is 2. The predicted octanol–water partition coefficient (Wildman–Crippen LogP) is 5.29. The van der Waals surface area contributed by atoms with Gasteiger partial charge >= 0.3 is 6.03 Å². The van der Waals surface area contributed by atoms with Crippen LogP contribution in [-0.2, 0) is 4.79 Å². The third-order valence-electron chi connectivity index (χ3n) is 4.58. The zero-order valence-electron chi connectivity index (χ0n) is 18.0. The standard InChI is InChI=1S/C22H29ClN4O3S/c1-4-26(5-2)13-6-14-30-21-12-9-18(15-20(21)23)25-22(29)27(31)19-10-7-17(8-11-19)24-16(3)28/h7-12,15,31H,4-6,13-14H2,1-3H3,(H,24,28)(H,25,29). The van der Waals surface area contributed by atoms with E-state index in [1.54, 1.807) is 42.5 Å². The molecule has 0 atom stereocenters. The second-order valence-corrected chi connectivity index (χ2v) is 7.65. The summed E-state index contributed by atoms with van der Waals surface area (Å²) in [5.41, 5.74) is 1.71. The highest BCUT2D eigenvalue weighted by atomic mass is 35.5. The molecular weight excluding hydrogens is 436 g/mol. The molecule has 0 fully saturated rings. The molecule has 2 rings (SSSR count). The van der Waals surface area contributed by atoms with E-state index in [0.717, 1.165) is 26.1 Å². The number of hydrogen-bond acceptors (Lipinski definition) is 5. The topological polar surface area (TPSA) is 73.9 Å². The molecule has 9 heteroatoms. The Labute approximate surface area is 194 Å². The van der Waals surface area contributed by atoms with E-state index in [0.29, 0.717) is 34.4 Å². The average molecular weight is 465 g/mol. The number of nitrogens with zero attached hydrogens (tertiary/aromatic N) is 2. The SMILES string of the molecule is CCN(CC)CCCOc1ccc(NC(=O)N(S)c2ccc(NC(C)=O)cc2)cc1Cl. The molecule has 0 aliphatic heterocycles. The van der Waals surface area contributed by atoms with Gasteiger partial charge in [0.05, 0.1) is 17.3 Å². The van der Waals surface area contributed by atoms with E-state index in [1.807, 2.05) is 0 Å². The molecule has 2 N–H and O–H groups in total. The smallest absolute Gasteiger partial charge is 0.336 e. The Kier molecular flexibility index (Phi) is 9.97. The van der Waals surface area contributed by atoms with Crippen molar-refractivity contribution in [3.8, 4) is 5.75 Å². The normalized spacial score (nSPS) is 10.6. The fraction of sp³-hybridized carbons (Fsp3) is 0.364. The molecule has 2 aromatic carbocycles. The van der Waals surface area contributed by atoms with Crippen LogP contribution in [0.2, 0.25) is 5.02 Å². The van der Waals surface area contributed by atoms with Crippen molar-refractivity contribution >= 4 is 53.4 Å². The highest BCUT2D eigenvalue weighted by molar-refractivity contribution is 7.82. The third-order valence-corrected chi connectivity index (χ3v) is 5.29. The minimum Gasteiger partial charge on any atom is -0.492 e. The van der Waals surface area contributed by atoms with Crippen molar-refractivity contribution in [2.45, 2.75) is 27.2 Å². The van der Waals surface area contributed by atoms with Gasteiger partial charge in [-0.15, -0.1) is 0 Å². The minimum atomic E-state index is -0.445. The van der Waals surface area contributed by atoms with Crippen molar-refractivity contribution in [2.24, 2.45) is 0 Å². The summed E-state index contributed by atoms with van der Waals surface area (Å²) in [5.74, 6) is 0.414. The zero-order chi connectivity index (χ0) is 22.8. The van der Waals surface area contributed by atoms with Gasteiger partial charge in [-0.25, -0.2) is 9.10 Å². The van der Waals surface area contributed by atoms with Crippen LogP contribution in [0.25, 0.3) is 0 Å². The van der Waals surface area contributed by atoms with Crippen LogP contribution in [-0.4, -0.2) is 43.1 Å². The van der Waals surface area contributed by atoms with Crippen LogP contribution in [0, 0.1) is 0 Å². The first-order chi connectivity index (χ1) is 14.8. The van der Waals surface area contributed by atoms with Crippen LogP contribution < -0.4 is 19.7 Å². The maximum absolute atomic E-state index is 12.5. The number of benzene rings is 2. The summed E-state index contributed by atoms with van der Waals surface area (Å²) in [5, 5.41) is 5.84. The highest BCUT2D eigenvalue weighted by Crippen LogP contribution is 2.28. The van der Waals surface area contributed by atoms with Crippen LogP contribution in [0.15, 0.2) is 42.5 Å². The van der Waals surface area contributed by atoms with Gasteiger partial charge in [0.1, 0.15) is 5.75 Å². The van der Waals surface area contributed by atoms with E-state index in [9.17, 15) is 9.59 Å². The van der Waals surface area contributed by atoms with Crippen LogP contribution >= 0.6 is 24.4 Å². The first-order valence-corrected chi connectivity index (χ1v) is 10.9. The summed E-state index contributed by atoms with van der Waals surface area (Å²) < 4.78 is 6.93. The van der Waals surface area contributed by atoms with Crippen molar-refractivity contribution in [3.05, 3.63) is 47.5 Å².